The summed E-state index contributed by atoms with van der Waals surface area (Å²) in [5.74, 6) is -1.78. The lowest BCUT2D eigenvalue weighted by Gasteiger charge is -2.55. The molecule has 1 aromatic carbocycles. The van der Waals surface area contributed by atoms with Crippen molar-refractivity contribution in [2.45, 2.75) is 128 Å². The first kappa shape index (κ1) is 36.1. The Kier molecular flexibility index (Phi) is 12.1. The highest BCUT2D eigenvalue weighted by atomic mass is 28.4. The molecule has 1 aromatic rings. The van der Waals surface area contributed by atoms with E-state index < -0.39 is 70.5 Å². The summed E-state index contributed by atoms with van der Waals surface area (Å²) in [5.41, 5.74) is -2.75. The number of β-lactam (4-membered cyclic amide) rings is 2. The maximum Gasteiger partial charge on any atom is 0.263 e. The Morgan fingerprint density at radius 2 is 1.24 bits per heavy atom. The molecule has 2 saturated heterocycles. The van der Waals surface area contributed by atoms with Gasteiger partial charge in [0.05, 0.1) is 0 Å². The fraction of sp³-hybridized carbons (Fsp3) is 0.690. The molecule has 0 aromatic heterocycles. The van der Waals surface area contributed by atoms with Crippen molar-refractivity contribution < 1.29 is 40.8 Å². The van der Waals surface area contributed by atoms with Crippen LogP contribution in [0.2, 0.25) is 36.3 Å². The number of rotatable bonds is 13. The van der Waals surface area contributed by atoms with E-state index in [4.69, 9.17) is 8.85 Å². The van der Waals surface area contributed by atoms with Crippen LogP contribution in [0.3, 0.4) is 0 Å². The zero-order valence-corrected chi connectivity index (χ0v) is 27.9. The smallest absolute Gasteiger partial charge is 0.263 e. The third-order valence-electron chi connectivity index (χ3n) is 9.27. The number of nitrogens with one attached hydrogen (secondary N) is 1. The second-order valence-corrected chi connectivity index (χ2v) is 20.7. The Morgan fingerprint density at radius 1 is 0.810 bits per heavy atom. The van der Waals surface area contributed by atoms with Gasteiger partial charge in [-0.05, 0) is 62.2 Å². The van der Waals surface area contributed by atoms with Gasteiger partial charge in [-0.2, -0.15) is 0 Å². The van der Waals surface area contributed by atoms with Gasteiger partial charge in [0.1, 0.15) is 12.1 Å². The van der Waals surface area contributed by atoms with Gasteiger partial charge >= 0.3 is 0 Å². The highest BCUT2D eigenvalue weighted by Crippen LogP contribution is 2.43. The summed E-state index contributed by atoms with van der Waals surface area (Å²) in [5, 5.41) is 2.24. The standard InChI is InChI=1S/C18H25F2NO3Si.C11H21F2NO2Si/c1-5-25(6-2,7-3)24-18(4)14(15(19)20)21(17(18)23)16(22)13-11-9-8-10-12-13;1-5-17(6-2,7-3)16-11(4)8(9(12)13)14-10(11)15/h8-12,14-15H,5-7H2,1-4H3;8-9H,5-7H2,1-4H3,(H,14,15)/t14-,18+;8-,11+/m00/s1. The summed E-state index contributed by atoms with van der Waals surface area (Å²) in [6.07, 6.45) is -5.43. The number of alkyl halides is 4. The lowest BCUT2D eigenvalue weighted by Crippen LogP contribution is -2.78. The van der Waals surface area contributed by atoms with Gasteiger partial charge in [-0.3, -0.25) is 19.3 Å². The average Bonchev–Trinajstić information content (AvgIpc) is 2.99. The van der Waals surface area contributed by atoms with E-state index in [1.165, 1.54) is 26.0 Å². The molecule has 0 unspecified atom stereocenters. The molecule has 2 fully saturated rings. The van der Waals surface area contributed by atoms with Crippen LogP contribution in [0.4, 0.5) is 17.6 Å². The zero-order chi connectivity index (χ0) is 32.1. The average molecular weight is 635 g/mol. The molecule has 13 heteroatoms. The van der Waals surface area contributed by atoms with Gasteiger partial charge in [0.2, 0.25) is 0 Å². The first-order valence-corrected chi connectivity index (χ1v) is 19.9. The Labute approximate surface area is 249 Å². The number of hydrogen-bond donors (Lipinski definition) is 1. The molecule has 0 bridgehead atoms. The van der Waals surface area contributed by atoms with Crippen LogP contribution >= 0.6 is 0 Å². The molecule has 1 N–H and O–H groups in total. The van der Waals surface area contributed by atoms with E-state index in [1.807, 2.05) is 41.5 Å². The number of amides is 3. The van der Waals surface area contributed by atoms with Crippen molar-refractivity contribution in [3.05, 3.63) is 35.9 Å². The summed E-state index contributed by atoms with van der Waals surface area (Å²) in [6, 6.07) is 10.1. The molecule has 0 saturated carbocycles. The lowest BCUT2D eigenvalue weighted by atomic mass is 9.83. The molecule has 238 valence electrons. The summed E-state index contributed by atoms with van der Waals surface area (Å²) in [4.78, 5) is 37.5. The second kappa shape index (κ2) is 14.1. The first-order chi connectivity index (χ1) is 19.6. The van der Waals surface area contributed by atoms with Gasteiger partial charge in [-0.15, -0.1) is 0 Å². The van der Waals surface area contributed by atoms with E-state index in [1.54, 1.807) is 18.2 Å². The van der Waals surface area contributed by atoms with Crippen LogP contribution in [0.25, 0.3) is 0 Å². The number of halogens is 4. The van der Waals surface area contributed by atoms with Crippen LogP contribution in [-0.2, 0) is 18.4 Å². The van der Waals surface area contributed by atoms with Crippen molar-refractivity contribution in [1.82, 2.24) is 10.2 Å². The monoisotopic (exact) mass is 634 g/mol. The van der Waals surface area contributed by atoms with E-state index in [0.717, 1.165) is 36.3 Å². The molecule has 0 radical (unpaired) electrons. The number of likely N-dealkylation sites (tertiary alicyclic amines) is 1. The van der Waals surface area contributed by atoms with Crippen molar-refractivity contribution in [2.75, 3.05) is 0 Å². The van der Waals surface area contributed by atoms with Crippen molar-refractivity contribution in [3.8, 4) is 0 Å². The molecule has 0 spiro atoms. The first-order valence-electron chi connectivity index (χ1n) is 14.8. The van der Waals surface area contributed by atoms with Crippen LogP contribution in [0.5, 0.6) is 0 Å². The molecule has 42 heavy (non-hydrogen) atoms. The minimum atomic E-state index is -2.85. The molecule has 3 rings (SSSR count). The molecule has 2 heterocycles. The van der Waals surface area contributed by atoms with E-state index >= 15 is 0 Å². The molecule has 2 aliphatic heterocycles. The normalized spacial score (nSPS) is 25.9. The van der Waals surface area contributed by atoms with Crippen molar-refractivity contribution in [3.63, 3.8) is 0 Å². The number of benzene rings is 1. The fourth-order valence-corrected chi connectivity index (χ4v) is 11.9. The number of carbonyl (C=O) groups is 3. The van der Waals surface area contributed by atoms with Crippen LogP contribution in [0.15, 0.2) is 30.3 Å². The summed E-state index contributed by atoms with van der Waals surface area (Å²) >= 11 is 0. The second-order valence-electron chi connectivity index (χ2n) is 11.3. The maximum atomic E-state index is 13.8. The van der Waals surface area contributed by atoms with E-state index in [0.29, 0.717) is 4.90 Å². The minimum absolute atomic E-state index is 0.216. The minimum Gasteiger partial charge on any atom is -0.401 e. The Morgan fingerprint density at radius 3 is 1.60 bits per heavy atom. The highest BCUT2D eigenvalue weighted by Gasteiger charge is 2.66. The molecular formula is C29H46F4N2O5Si2. The molecule has 3 amide bonds. The molecule has 7 nitrogen and oxygen atoms in total. The quantitative estimate of drug-likeness (QED) is 0.114. The van der Waals surface area contributed by atoms with Gasteiger partial charge in [0.15, 0.2) is 27.8 Å². The van der Waals surface area contributed by atoms with Crippen molar-refractivity contribution >= 4 is 34.4 Å². The van der Waals surface area contributed by atoms with Crippen LogP contribution in [0.1, 0.15) is 65.7 Å². The van der Waals surface area contributed by atoms with E-state index in [9.17, 15) is 31.9 Å². The SMILES string of the molecule is CC[Si](CC)(CC)O[C@@]1(C)C(=O)N(C(=O)c2ccccc2)[C@H]1C(F)F.CC[Si](CC)(CC)O[C@@]1(C)C(=O)N[C@H]1C(F)F. The predicted molar refractivity (Wildman–Crippen MR) is 159 cm³/mol. The van der Waals surface area contributed by atoms with Crippen molar-refractivity contribution in [1.29, 1.82) is 0 Å². The van der Waals surface area contributed by atoms with Crippen molar-refractivity contribution in [2.24, 2.45) is 0 Å². The van der Waals surface area contributed by atoms with Gasteiger partial charge in [-0.1, -0.05) is 59.7 Å². The van der Waals surface area contributed by atoms with Gasteiger partial charge in [0, 0.05) is 5.56 Å². The molecule has 4 atom stereocenters. The number of carbonyl (C=O) groups excluding carboxylic acids is 3. The molecule has 2 aliphatic rings. The number of imide groups is 1. The largest absolute Gasteiger partial charge is 0.401 e. The number of hydrogen-bond acceptors (Lipinski definition) is 5. The summed E-state index contributed by atoms with van der Waals surface area (Å²) < 4.78 is 65.1. The summed E-state index contributed by atoms with van der Waals surface area (Å²) in [6.45, 7) is 14.8. The van der Waals surface area contributed by atoms with Gasteiger partial charge < -0.3 is 14.2 Å². The maximum absolute atomic E-state index is 13.8. The fourth-order valence-electron chi connectivity index (χ4n) is 5.80. The topological polar surface area (TPSA) is 84.9 Å². The van der Waals surface area contributed by atoms with Gasteiger partial charge in [-0.25, -0.2) is 17.6 Å². The molecule has 0 aliphatic carbocycles. The lowest BCUT2D eigenvalue weighted by molar-refractivity contribution is -0.191. The summed E-state index contributed by atoms with van der Waals surface area (Å²) in [7, 11) is -4.33. The third-order valence-corrected chi connectivity index (χ3v) is 18.7. The Balaban J connectivity index is 0.000000317. The Bertz CT molecular complexity index is 1070. The van der Waals surface area contributed by atoms with E-state index in [-0.39, 0.29) is 5.56 Å². The molecular weight excluding hydrogens is 588 g/mol. The number of nitrogens with zero attached hydrogens (tertiary/aromatic N) is 1. The van der Waals surface area contributed by atoms with Crippen LogP contribution in [0, 0.1) is 0 Å². The predicted octanol–water partition coefficient (Wildman–Crippen LogP) is 6.61. The van der Waals surface area contributed by atoms with Gasteiger partial charge in [0.25, 0.3) is 30.6 Å². The van der Waals surface area contributed by atoms with Crippen LogP contribution < -0.4 is 5.32 Å². The highest BCUT2D eigenvalue weighted by molar-refractivity contribution is 6.74. The van der Waals surface area contributed by atoms with Crippen LogP contribution in [-0.4, -0.2) is 75.4 Å². The third kappa shape index (κ3) is 6.68. The Hall–Kier alpha value is -2.10. The zero-order valence-electron chi connectivity index (χ0n) is 25.9. The van der Waals surface area contributed by atoms with E-state index in [2.05, 4.69) is 5.32 Å².